The molecule has 1 saturated heterocycles. The second kappa shape index (κ2) is 8.82. The third-order valence-corrected chi connectivity index (χ3v) is 5.34. The van der Waals surface area contributed by atoms with Crippen molar-refractivity contribution in [2.24, 2.45) is 11.8 Å². The van der Waals surface area contributed by atoms with Crippen molar-refractivity contribution in [1.82, 2.24) is 10.2 Å². The molecule has 0 aromatic heterocycles. The number of carbonyl (C=O) groups excluding carboxylic acids is 1. The molecule has 2 fully saturated rings. The maximum absolute atomic E-state index is 13.6. The molecule has 0 radical (unpaired) electrons. The Hall–Kier alpha value is -1.13. The topological polar surface area (TPSA) is 32.3 Å². The molecular weight excluding hydrogens is 327 g/mol. The zero-order valence-corrected chi connectivity index (χ0v) is 15.2. The van der Waals surface area contributed by atoms with E-state index >= 15 is 0 Å². The summed E-state index contributed by atoms with van der Waals surface area (Å²) in [4.78, 5) is 14.9. The normalized spacial score (nSPS) is 22.9. The molecule has 1 amide bonds. The van der Waals surface area contributed by atoms with Gasteiger partial charge in [-0.2, -0.15) is 0 Å². The van der Waals surface area contributed by atoms with Crippen LogP contribution in [0.4, 0.5) is 4.39 Å². The first-order valence-corrected chi connectivity index (χ1v) is 8.92. The number of rotatable bonds is 4. The Labute approximate surface area is 150 Å². The monoisotopic (exact) mass is 354 g/mol. The minimum Gasteiger partial charge on any atom is -0.333 e. The van der Waals surface area contributed by atoms with E-state index in [-0.39, 0.29) is 36.1 Å². The van der Waals surface area contributed by atoms with Gasteiger partial charge in [0.2, 0.25) is 5.91 Å². The smallest absolute Gasteiger partial charge is 0.226 e. The first-order chi connectivity index (χ1) is 11.1. The van der Waals surface area contributed by atoms with Gasteiger partial charge in [0.05, 0.1) is 6.04 Å². The van der Waals surface area contributed by atoms with Crippen LogP contribution >= 0.6 is 12.4 Å². The molecule has 0 bridgehead atoms. The van der Waals surface area contributed by atoms with Crippen molar-refractivity contribution < 1.29 is 9.18 Å². The fourth-order valence-corrected chi connectivity index (χ4v) is 4.11. The summed E-state index contributed by atoms with van der Waals surface area (Å²) in [5.41, 5.74) is 0.888. The SMILES string of the molecule is CC(CC1CCCC1)C(=O)N1CCNCC1c1cccc(F)c1.Cl. The molecule has 1 saturated carbocycles. The third kappa shape index (κ3) is 4.48. The lowest BCUT2D eigenvalue weighted by molar-refractivity contribution is -0.139. The molecule has 1 N–H and O–H groups in total. The Kier molecular flexibility index (Phi) is 7.05. The van der Waals surface area contributed by atoms with Crippen molar-refractivity contribution in [3.05, 3.63) is 35.6 Å². The van der Waals surface area contributed by atoms with Gasteiger partial charge < -0.3 is 10.2 Å². The molecular formula is C19H28ClFN2O. The average Bonchev–Trinajstić information content (AvgIpc) is 3.07. The predicted molar refractivity (Wildman–Crippen MR) is 96.7 cm³/mol. The van der Waals surface area contributed by atoms with Crippen LogP contribution in [0.5, 0.6) is 0 Å². The van der Waals surface area contributed by atoms with E-state index in [0.717, 1.165) is 18.5 Å². The molecule has 5 heteroatoms. The van der Waals surface area contributed by atoms with Gasteiger partial charge in [-0.1, -0.05) is 44.7 Å². The maximum atomic E-state index is 13.6. The highest BCUT2D eigenvalue weighted by Crippen LogP contribution is 2.32. The van der Waals surface area contributed by atoms with Crippen LogP contribution < -0.4 is 5.32 Å². The molecule has 3 nitrogen and oxygen atoms in total. The second-order valence-corrected chi connectivity index (χ2v) is 7.09. The summed E-state index contributed by atoms with van der Waals surface area (Å²) in [7, 11) is 0. The van der Waals surface area contributed by atoms with Gasteiger partial charge in [0.1, 0.15) is 5.82 Å². The second-order valence-electron chi connectivity index (χ2n) is 7.09. The number of nitrogens with zero attached hydrogens (tertiary/aromatic N) is 1. The van der Waals surface area contributed by atoms with Crippen LogP contribution in [-0.4, -0.2) is 30.4 Å². The number of amides is 1. The lowest BCUT2D eigenvalue weighted by Gasteiger charge is -2.38. The predicted octanol–water partition coefficient (Wildman–Crippen LogP) is 3.94. The fourth-order valence-electron chi connectivity index (χ4n) is 4.11. The van der Waals surface area contributed by atoms with Crippen LogP contribution in [0, 0.1) is 17.7 Å². The zero-order valence-electron chi connectivity index (χ0n) is 14.3. The lowest BCUT2D eigenvalue weighted by Crippen LogP contribution is -2.50. The molecule has 1 aromatic rings. The lowest BCUT2D eigenvalue weighted by atomic mass is 9.92. The van der Waals surface area contributed by atoms with E-state index in [1.54, 1.807) is 12.1 Å². The Morgan fingerprint density at radius 1 is 1.38 bits per heavy atom. The fraction of sp³-hybridized carbons (Fsp3) is 0.632. The highest BCUT2D eigenvalue weighted by atomic mass is 35.5. The van der Waals surface area contributed by atoms with E-state index in [1.165, 1.54) is 31.7 Å². The summed E-state index contributed by atoms with van der Waals surface area (Å²) in [5, 5.41) is 3.33. The summed E-state index contributed by atoms with van der Waals surface area (Å²) in [6, 6.07) is 6.60. The first kappa shape index (κ1) is 19.2. The van der Waals surface area contributed by atoms with Crippen molar-refractivity contribution in [2.75, 3.05) is 19.6 Å². The Balaban J connectivity index is 0.00000208. The van der Waals surface area contributed by atoms with E-state index in [2.05, 4.69) is 12.2 Å². The van der Waals surface area contributed by atoms with Crippen LogP contribution in [0.1, 0.15) is 50.6 Å². The standard InChI is InChI=1S/C19H27FN2O.ClH/c1-14(11-15-5-2-3-6-15)19(23)22-10-9-21-13-18(22)16-7-4-8-17(20)12-16;/h4,7-8,12,14-15,18,21H,2-3,5-6,9-11,13H2,1H3;1H. The number of piperazine rings is 1. The van der Waals surface area contributed by atoms with E-state index in [9.17, 15) is 9.18 Å². The van der Waals surface area contributed by atoms with Gasteiger partial charge in [0, 0.05) is 25.6 Å². The van der Waals surface area contributed by atoms with Crippen molar-refractivity contribution in [3.8, 4) is 0 Å². The summed E-state index contributed by atoms with van der Waals surface area (Å²) in [5.74, 6) is 0.767. The number of benzene rings is 1. The first-order valence-electron chi connectivity index (χ1n) is 8.92. The Morgan fingerprint density at radius 2 is 2.12 bits per heavy atom. The maximum Gasteiger partial charge on any atom is 0.226 e. The Bertz CT molecular complexity index is 548. The number of halogens is 2. The van der Waals surface area contributed by atoms with Crippen molar-refractivity contribution in [1.29, 1.82) is 0 Å². The van der Waals surface area contributed by atoms with E-state index in [4.69, 9.17) is 0 Å². The molecule has 134 valence electrons. The van der Waals surface area contributed by atoms with Crippen LogP contribution in [-0.2, 0) is 4.79 Å². The van der Waals surface area contributed by atoms with E-state index in [0.29, 0.717) is 19.0 Å². The van der Waals surface area contributed by atoms with Crippen molar-refractivity contribution in [3.63, 3.8) is 0 Å². The molecule has 1 aliphatic heterocycles. The quantitative estimate of drug-likeness (QED) is 0.888. The summed E-state index contributed by atoms with van der Waals surface area (Å²) >= 11 is 0. The van der Waals surface area contributed by atoms with Crippen LogP contribution in [0.25, 0.3) is 0 Å². The number of hydrogen-bond donors (Lipinski definition) is 1. The average molecular weight is 355 g/mol. The molecule has 1 aromatic carbocycles. The molecule has 2 aliphatic rings. The van der Waals surface area contributed by atoms with Crippen LogP contribution in [0.15, 0.2) is 24.3 Å². The van der Waals surface area contributed by atoms with Crippen molar-refractivity contribution in [2.45, 2.75) is 45.1 Å². The van der Waals surface area contributed by atoms with Gasteiger partial charge in [-0.05, 0) is 30.0 Å². The molecule has 2 unspecified atom stereocenters. The van der Waals surface area contributed by atoms with Crippen LogP contribution in [0.2, 0.25) is 0 Å². The molecule has 24 heavy (non-hydrogen) atoms. The van der Waals surface area contributed by atoms with Crippen molar-refractivity contribution >= 4 is 18.3 Å². The Morgan fingerprint density at radius 3 is 2.83 bits per heavy atom. The molecule has 3 rings (SSSR count). The zero-order chi connectivity index (χ0) is 16.2. The van der Waals surface area contributed by atoms with Gasteiger partial charge in [-0.15, -0.1) is 12.4 Å². The molecule has 1 aliphatic carbocycles. The highest BCUT2D eigenvalue weighted by Gasteiger charge is 2.32. The summed E-state index contributed by atoms with van der Waals surface area (Å²) in [6.45, 7) is 4.28. The van der Waals surface area contributed by atoms with Gasteiger partial charge in [0.25, 0.3) is 0 Å². The molecule has 0 spiro atoms. The number of hydrogen-bond acceptors (Lipinski definition) is 2. The van der Waals surface area contributed by atoms with E-state index < -0.39 is 0 Å². The number of nitrogens with one attached hydrogen (secondary N) is 1. The van der Waals surface area contributed by atoms with Gasteiger partial charge >= 0.3 is 0 Å². The van der Waals surface area contributed by atoms with Gasteiger partial charge in [0.15, 0.2) is 0 Å². The number of carbonyl (C=O) groups is 1. The summed E-state index contributed by atoms with van der Waals surface area (Å²) in [6.07, 6.45) is 6.16. The van der Waals surface area contributed by atoms with E-state index in [1.807, 2.05) is 11.0 Å². The molecule has 1 heterocycles. The highest BCUT2D eigenvalue weighted by molar-refractivity contribution is 5.85. The molecule has 2 atom stereocenters. The largest absolute Gasteiger partial charge is 0.333 e. The van der Waals surface area contributed by atoms with Gasteiger partial charge in [-0.3, -0.25) is 4.79 Å². The minimum absolute atomic E-state index is 0. The summed E-state index contributed by atoms with van der Waals surface area (Å²) < 4.78 is 13.6. The minimum atomic E-state index is -0.237. The van der Waals surface area contributed by atoms with Crippen LogP contribution in [0.3, 0.4) is 0 Å². The third-order valence-electron chi connectivity index (χ3n) is 5.34. The van der Waals surface area contributed by atoms with Gasteiger partial charge in [-0.25, -0.2) is 4.39 Å².